The van der Waals surface area contributed by atoms with Crippen LogP contribution >= 0.6 is 0 Å². The monoisotopic (exact) mass is 264 g/mol. The summed E-state index contributed by atoms with van der Waals surface area (Å²) in [5, 5.41) is 4.62. The highest BCUT2D eigenvalue weighted by Crippen LogP contribution is 2.33. The maximum absolute atomic E-state index is 6.01. The molecule has 19 heavy (non-hydrogen) atoms. The average Bonchev–Trinajstić information content (AvgIpc) is 2.84. The molecule has 1 saturated heterocycles. The van der Waals surface area contributed by atoms with E-state index in [1.54, 1.807) is 0 Å². The van der Waals surface area contributed by atoms with Gasteiger partial charge in [-0.15, -0.1) is 0 Å². The Morgan fingerprint density at radius 2 is 2.05 bits per heavy atom. The molecule has 2 atom stereocenters. The number of hydrogen-bond acceptors (Lipinski definition) is 3. The van der Waals surface area contributed by atoms with Gasteiger partial charge in [0.1, 0.15) is 5.82 Å². The Bertz CT molecular complexity index is 434. The van der Waals surface area contributed by atoms with Crippen LogP contribution < -0.4 is 10.6 Å². The maximum atomic E-state index is 6.01. The Morgan fingerprint density at radius 1 is 1.37 bits per heavy atom. The summed E-state index contributed by atoms with van der Waals surface area (Å²) in [6.45, 7) is 9.95. The summed E-state index contributed by atoms with van der Waals surface area (Å²) in [6.07, 6.45) is 3.49. The molecule has 0 bridgehead atoms. The highest BCUT2D eigenvalue weighted by Gasteiger charge is 2.31. The molecular weight excluding hydrogens is 236 g/mol. The molecule has 0 aromatic carbocycles. The predicted molar refractivity (Wildman–Crippen MR) is 80.5 cm³/mol. The van der Waals surface area contributed by atoms with E-state index in [4.69, 9.17) is 5.73 Å². The van der Waals surface area contributed by atoms with Crippen molar-refractivity contribution in [3.05, 3.63) is 11.3 Å². The number of rotatable bonds is 4. The second-order valence-electron chi connectivity index (χ2n) is 6.34. The van der Waals surface area contributed by atoms with Gasteiger partial charge in [0.15, 0.2) is 0 Å². The van der Waals surface area contributed by atoms with Crippen LogP contribution in [-0.2, 0) is 13.5 Å². The van der Waals surface area contributed by atoms with Gasteiger partial charge in [-0.05, 0) is 39.0 Å². The third-order valence-corrected chi connectivity index (χ3v) is 4.18. The molecule has 1 aliphatic rings. The van der Waals surface area contributed by atoms with Crippen LogP contribution in [0.25, 0.3) is 0 Å². The van der Waals surface area contributed by atoms with E-state index >= 15 is 0 Å². The van der Waals surface area contributed by atoms with Crippen LogP contribution in [0, 0.1) is 12.8 Å². The van der Waals surface area contributed by atoms with E-state index < -0.39 is 0 Å². The van der Waals surface area contributed by atoms with E-state index in [2.05, 4.69) is 44.7 Å². The minimum Gasteiger partial charge on any atom is -0.353 e. The summed E-state index contributed by atoms with van der Waals surface area (Å²) in [6, 6.07) is 0.823. The lowest BCUT2D eigenvalue weighted by Gasteiger charge is -2.30. The van der Waals surface area contributed by atoms with Crippen LogP contribution in [0.2, 0.25) is 0 Å². The van der Waals surface area contributed by atoms with Crippen LogP contribution in [0.3, 0.4) is 0 Å². The Kier molecular flexibility index (Phi) is 4.19. The molecule has 1 aromatic heterocycles. The first-order chi connectivity index (χ1) is 8.91. The summed E-state index contributed by atoms with van der Waals surface area (Å²) in [4.78, 5) is 2.56. The first-order valence-electron chi connectivity index (χ1n) is 7.46. The van der Waals surface area contributed by atoms with Crippen molar-refractivity contribution in [2.45, 2.75) is 59.0 Å². The number of aromatic nitrogens is 2. The van der Waals surface area contributed by atoms with Crippen LogP contribution in [0.15, 0.2) is 0 Å². The smallest absolute Gasteiger partial charge is 0.130 e. The minimum absolute atomic E-state index is 0.182. The molecule has 108 valence electrons. The second kappa shape index (κ2) is 5.53. The summed E-state index contributed by atoms with van der Waals surface area (Å²) in [7, 11) is 2.06. The SMILES string of the molecule is Cc1nn(C)c(N2CCCC2C(C)C)c1CC(C)N. The van der Waals surface area contributed by atoms with Gasteiger partial charge in [0.25, 0.3) is 0 Å². The molecule has 1 fully saturated rings. The van der Waals surface area contributed by atoms with Crippen molar-refractivity contribution in [1.29, 1.82) is 0 Å². The van der Waals surface area contributed by atoms with Gasteiger partial charge in [0.2, 0.25) is 0 Å². The van der Waals surface area contributed by atoms with E-state index in [9.17, 15) is 0 Å². The lowest BCUT2D eigenvalue weighted by atomic mass is 10.0. The molecule has 2 rings (SSSR count). The molecule has 0 amide bonds. The van der Waals surface area contributed by atoms with Crippen LogP contribution in [0.5, 0.6) is 0 Å². The Balaban J connectivity index is 2.37. The van der Waals surface area contributed by atoms with Gasteiger partial charge in [-0.2, -0.15) is 5.10 Å². The standard InChI is InChI=1S/C15H28N4/c1-10(2)14-7-6-8-19(14)15-13(9-11(3)16)12(4)17-18(15)5/h10-11,14H,6-9,16H2,1-5H3. The van der Waals surface area contributed by atoms with Gasteiger partial charge in [-0.25, -0.2) is 0 Å². The molecule has 0 spiro atoms. The molecule has 2 heterocycles. The molecule has 4 nitrogen and oxygen atoms in total. The van der Waals surface area contributed by atoms with Crippen LogP contribution in [0.1, 0.15) is 44.9 Å². The summed E-state index contributed by atoms with van der Waals surface area (Å²) in [5.41, 5.74) is 8.48. The molecule has 2 N–H and O–H groups in total. The van der Waals surface area contributed by atoms with E-state index in [-0.39, 0.29) is 6.04 Å². The van der Waals surface area contributed by atoms with Crippen LogP contribution in [0.4, 0.5) is 5.82 Å². The Labute approximate surface area is 117 Å². The van der Waals surface area contributed by atoms with Gasteiger partial charge in [-0.1, -0.05) is 13.8 Å². The Morgan fingerprint density at radius 3 is 2.63 bits per heavy atom. The first-order valence-corrected chi connectivity index (χ1v) is 7.46. The molecule has 0 aliphatic carbocycles. The highest BCUT2D eigenvalue weighted by molar-refractivity contribution is 5.52. The van der Waals surface area contributed by atoms with Crippen molar-refractivity contribution in [1.82, 2.24) is 9.78 Å². The first kappa shape index (κ1) is 14.4. The topological polar surface area (TPSA) is 47.1 Å². The van der Waals surface area contributed by atoms with Crippen molar-refractivity contribution < 1.29 is 0 Å². The largest absolute Gasteiger partial charge is 0.353 e. The zero-order chi connectivity index (χ0) is 14.2. The fraction of sp³-hybridized carbons (Fsp3) is 0.800. The van der Waals surface area contributed by atoms with Gasteiger partial charge >= 0.3 is 0 Å². The average molecular weight is 264 g/mol. The molecule has 1 aliphatic heterocycles. The number of nitrogens with zero attached hydrogens (tertiary/aromatic N) is 3. The number of anilines is 1. The lowest BCUT2D eigenvalue weighted by Crippen LogP contribution is -2.35. The quantitative estimate of drug-likeness (QED) is 0.907. The zero-order valence-corrected chi connectivity index (χ0v) is 13.0. The van der Waals surface area contributed by atoms with Crippen molar-refractivity contribution in [3.8, 4) is 0 Å². The van der Waals surface area contributed by atoms with Crippen molar-refractivity contribution in [2.75, 3.05) is 11.4 Å². The predicted octanol–water partition coefficient (Wildman–Crippen LogP) is 2.24. The zero-order valence-electron chi connectivity index (χ0n) is 13.0. The minimum atomic E-state index is 0.182. The van der Waals surface area contributed by atoms with Gasteiger partial charge in [-0.3, -0.25) is 4.68 Å². The third-order valence-electron chi connectivity index (χ3n) is 4.18. The third kappa shape index (κ3) is 2.78. The molecule has 2 unspecified atom stereocenters. The van der Waals surface area contributed by atoms with E-state index in [1.807, 2.05) is 4.68 Å². The van der Waals surface area contributed by atoms with Crippen molar-refractivity contribution in [2.24, 2.45) is 18.7 Å². The number of aryl methyl sites for hydroxylation is 2. The van der Waals surface area contributed by atoms with Crippen molar-refractivity contribution >= 4 is 5.82 Å². The number of nitrogens with two attached hydrogens (primary N) is 1. The normalized spacial score (nSPS) is 21.4. The second-order valence-corrected chi connectivity index (χ2v) is 6.34. The van der Waals surface area contributed by atoms with Gasteiger partial charge < -0.3 is 10.6 Å². The molecule has 1 aromatic rings. The van der Waals surface area contributed by atoms with Crippen molar-refractivity contribution in [3.63, 3.8) is 0 Å². The number of hydrogen-bond donors (Lipinski definition) is 1. The molecule has 4 heteroatoms. The van der Waals surface area contributed by atoms with Gasteiger partial charge in [0.05, 0.1) is 5.69 Å². The van der Waals surface area contributed by atoms with E-state index in [0.29, 0.717) is 12.0 Å². The molecular formula is C15H28N4. The summed E-state index contributed by atoms with van der Waals surface area (Å²) in [5.74, 6) is 1.98. The van der Waals surface area contributed by atoms with Gasteiger partial charge in [0, 0.05) is 31.2 Å². The summed E-state index contributed by atoms with van der Waals surface area (Å²) < 4.78 is 2.05. The highest BCUT2D eigenvalue weighted by atomic mass is 15.4. The van der Waals surface area contributed by atoms with E-state index in [0.717, 1.165) is 18.7 Å². The Hall–Kier alpha value is -1.03. The lowest BCUT2D eigenvalue weighted by molar-refractivity contribution is 0.483. The van der Waals surface area contributed by atoms with Crippen LogP contribution in [-0.4, -0.2) is 28.4 Å². The fourth-order valence-corrected chi connectivity index (χ4v) is 3.36. The summed E-state index contributed by atoms with van der Waals surface area (Å²) >= 11 is 0. The fourth-order valence-electron chi connectivity index (χ4n) is 3.36. The van der Waals surface area contributed by atoms with E-state index in [1.165, 1.54) is 24.2 Å². The maximum Gasteiger partial charge on any atom is 0.130 e. The molecule has 0 radical (unpaired) electrons. The molecule has 0 saturated carbocycles.